The molecule has 0 bridgehead atoms. The van der Waals surface area contributed by atoms with E-state index >= 15 is 0 Å². The number of nitrogens with two attached hydrogens (primary N) is 2. The zero-order valence-electron chi connectivity index (χ0n) is 21.6. The van der Waals surface area contributed by atoms with Gasteiger partial charge in [-0.2, -0.15) is 15.2 Å². The summed E-state index contributed by atoms with van der Waals surface area (Å²) in [5.41, 5.74) is 13.3. The smallest absolute Gasteiger partial charge is 0.316 e. The van der Waals surface area contributed by atoms with Crippen LogP contribution in [0.2, 0.25) is 0 Å². The zero-order chi connectivity index (χ0) is 28.9. The van der Waals surface area contributed by atoms with E-state index in [1.54, 1.807) is 43.2 Å². The lowest BCUT2D eigenvalue weighted by Gasteiger charge is -2.03. The first-order chi connectivity index (χ1) is 18.9. The molecular weight excluding hydrogens is 540 g/mol. The predicted octanol–water partition coefficient (Wildman–Crippen LogP) is 0.643. The number of ether oxygens (including phenoxy) is 1. The SMILES string of the molecule is COc1ncc2ccc3c(C(N)=O)nn(C)c3c2n1.Cn1nc(C(N)=O)c2ccc3cnc(S(C)(=O)=O)nc3c21. The number of carbonyl (C=O) groups is 2. The average molecular weight is 563 g/mol. The van der Waals surface area contributed by atoms with Crippen molar-refractivity contribution in [3.63, 3.8) is 0 Å². The molecule has 0 aliphatic rings. The first kappa shape index (κ1) is 26.4. The van der Waals surface area contributed by atoms with E-state index in [-0.39, 0.29) is 22.6 Å². The maximum Gasteiger partial charge on any atom is 0.316 e. The number of nitrogens with zero attached hydrogens (tertiary/aromatic N) is 8. The highest BCUT2D eigenvalue weighted by Gasteiger charge is 2.19. The third kappa shape index (κ3) is 4.39. The van der Waals surface area contributed by atoms with Crippen molar-refractivity contribution in [3.8, 4) is 6.01 Å². The van der Waals surface area contributed by atoms with Crippen molar-refractivity contribution in [2.24, 2.45) is 25.6 Å². The molecule has 0 aliphatic carbocycles. The number of fused-ring (bicyclic) bond motifs is 6. The minimum absolute atomic E-state index is 0.119. The Bertz CT molecular complexity index is 2120. The number of hydrogen-bond donors (Lipinski definition) is 2. The third-order valence-electron chi connectivity index (χ3n) is 6.05. The molecule has 4 heterocycles. The van der Waals surface area contributed by atoms with Gasteiger partial charge in [-0.05, 0) is 12.1 Å². The molecule has 2 amide bonds. The molecule has 6 aromatic rings. The number of carbonyl (C=O) groups excluding carboxylic acids is 2. The molecular formula is C24H22N10O5S. The molecule has 40 heavy (non-hydrogen) atoms. The summed E-state index contributed by atoms with van der Waals surface area (Å²) >= 11 is 0. The molecule has 0 saturated carbocycles. The number of benzene rings is 2. The Morgan fingerprint density at radius 1 is 0.800 bits per heavy atom. The molecule has 0 aliphatic heterocycles. The lowest BCUT2D eigenvalue weighted by atomic mass is 10.1. The van der Waals surface area contributed by atoms with Gasteiger partial charge >= 0.3 is 6.01 Å². The normalized spacial score (nSPS) is 11.6. The second-order valence-corrected chi connectivity index (χ2v) is 10.7. The van der Waals surface area contributed by atoms with Gasteiger partial charge in [0.1, 0.15) is 11.0 Å². The number of hydrogen-bond acceptors (Lipinski definition) is 11. The van der Waals surface area contributed by atoms with Gasteiger partial charge in [0.05, 0.1) is 18.1 Å². The van der Waals surface area contributed by atoms with Crippen LogP contribution in [-0.2, 0) is 23.9 Å². The van der Waals surface area contributed by atoms with E-state index in [1.165, 1.54) is 18.0 Å². The summed E-state index contributed by atoms with van der Waals surface area (Å²) in [6.45, 7) is 0. The fraction of sp³-hybridized carbons (Fsp3) is 0.167. The van der Waals surface area contributed by atoms with E-state index in [0.717, 1.165) is 17.2 Å². The Morgan fingerprint density at radius 2 is 1.27 bits per heavy atom. The van der Waals surface area contributed by atoms with Crippen molar-refractivity contribution < 1.29 is 22.7 Å². The first-order valence-corrected chi connectivity index (χ1v) is 13.4. The minimum Gasteiger partial charge on any atom is -0.467 e. The van der Waals surface area contributed by atoms with Crippen LogP contribution in [0.1, 0.15) is 21.0 Å². The molecule has 0 spiro atoms. The summed E-state index contributed by atoms with van der Waals surface area (Å²) in [6, 6.07) is 7.26. The number of primary amides is 2. The molecule has 204 valence electrons. The van der Waals surface area contributed by atoms with E-state index in [1.807, 2.05) is 6.07 Å². The van der Waals surface area contributed by atoms with Crippen molar-refractivity contribution in [2.45, 2.75) is 5.16 Å². The second kappa shape index (κ2) is 9.49. The molecule has 0 saturated heterocycles. The van der Waals surface area contributed by atoms with Crippen molar-refractivity contribution in [1.82, 2.24) is 39.5 Å². The minimum atomic E-state index is -3.53. The fourth-order valence-corrected chi connectivity index (χ4v) is 4.82. The maximum atomic E-state index is 11.6. The average Bonchev–Trinajstić information content (AvgIpc) is 3.45. The quantitative estimate of drug-likeness (QED) is 0.284. The summed E-state index contributed by atoms with van der Waals surface area (Å²) in [5, 5.41) is 10.6. The Balaban J connectivity index is 0.000000162. The van der Waals surface area contributed by atoms with Crippen LogP contribution in [0, 0.1) is 0 Å². The molecule has 16 heteroatoms. The summed E-state index contributed by atoms with van der Waals surface area (Å²) in [5.74, 6) is -1.22. The number of aromatic nitrogens is 8. The topological polar surface area (TPSA) is 217 Å². The highest BCUT2D eigenvalue weighted by Crippen LogP contribution is 2.27. The van der Waals surface area contributed by atoms with Gasteiger partial charge < -0.3 is 16.2 Å². The van der Waals surface area contributed by atoms with Crippen molar-refractivity contribution >= 4 is 65.3 Å². The highest BCUT2D eigenvalue weighted by atomic mass is 32.2. The largest absolute Gasteiger partial charge is 0.467 e. The van der Waals surface area contributed by atoms with Crippen LogP contribution in [-0.4, -0.2) is 73.1 Å². The molecule has 15 nitrogen and oxygen atoms in total. The highest BCUT2D eigenvalue weighted by molar-refractivity contribution is 7.90. The van der Waals surface area contributed by atoms with Gasteiger partial charge in [0, 0.05) is 54.3 Å². The summed E-state index contributed by atoms with van der Waals surface area (Å²) in [7, 11) is 1.34. The number of methoxy groups -OCH3 is 1. The predicted molar refractivity (Wildman–Crippen MR) is 144 cm³/mol. The Labute approximate surface area is 225 Å². The lowest BCUT2D eigenvalue weighted by Crippen LogP contribution is -2.12. The molecule has 0 radical (unpaired) electrons. The summed E-state index contributed by atoms with van der Waals surface area (Å²) < 4.78 is 31.2. The molecule has 4 N–H and O–H groups in total. The standard InChI is InChI=1S/C12H11N5O3S.C12H11N5O2/c1-17-10-7(9(16-17)11(13)18)4-3-6-5-14-12(15-8(6)10)21(2,19)20;1-17-10-7(9(16-17)11(13)18)4-3-6-5-14-12(19-2)15-8(6)10/h3-5H,1-2H3,(H2,13,18);3-5H,1-2H3,(H2,13,18). The van der Waals surface area contributed by atoms with Crippen molar-refractivity contribution in [1.29, 1.82) is 0 Å². The number of amides is 2. The van der Waals surface area contributed by atoms with E-state index in [2.05, 4.69) is 30.1 Å². The molecule has 0 atom stereocenters. The van der Waals surface area contributed by atoms with E-state index in [0.29, 0.717) is 32.7 Å². The van der Waals surface area contributed by atoms with Crippen LogP contribution in [0.15, 0.2) is 41.8 Å². The molecule has 2 aromatic carbocycles. The van der Waals surface area contributed by atoms with Crippen LogP contribution >= 0.6 is 0 Å². The van der Waals surface area contributed by atoms with Gasteiger partial charge in [-0.25, -0.2) is 23.4 Å². The Morgan fingerprint density at radius 3 is 1.73 bits per heavy atom. The lowest BCUT2D eigenvalue weighted by molar-refractivity contribution is 0.0988. The van der Waals surface area contributed by atoms with Crippen molar-refractivity contribution in [3.05, 3.63) is 48.0 Å². The maximum absolute atomic E-state index is 11.6. The number of rotatable bonds is 4. The molecule has 6 rings (SSSR count). The van der Waals surface area contributed by atoms with Crippen LogP contribution in [0.5, 0.6) is 6.01 Å². The van der Waals surface area contributed by atoms with Gasteiger partial charge in [0.15, 0.2) is 11.4 Å². The fourth-order valence-electron chi connectivity index (χ4n) is 4.32. The van der Waals surface area contributed by atoms with Crippen molar-refractivity contribution in [2.75, 3.05) is 13.4 Å². The molecule has 0 unspecified atom stereocenters. The van der Waals surface area contributed by atoms with Crippen LogP contribution in [0.25, 0.3) is 43.6 Å². The zero-order valence-corrected chi connectivity index (χ0v) is 22.5. The van der Waals surface area contributed by atoms with E-state index < -0.39 is 21.7 Å². The summed E-state index contributed by atoms with van der Waals surface area (Å²) in [4.78, 5) is 39.1. The monoisotopic (exact) mass is 562 g/mol. The van der Waals surface area contributed by atoms with Crippen LogP contribution in [0.3, 0.4) is 0 Å². The molecule has 0 fully saturated rings. The Hall–Kier alpha value is -5.25. The number of sulfone groups is 1. The Kier molecular flexibility index (Phi) is 6.26. The van der Waals surface area contributed by atoms with Gasteiger partial charge in [-0.15, -0.1) is 0 Å². The van der Waals surface area contributed by atoms with Gasteiger partial charge in [-0.3, -0.25) is 19.0 Å². The molecule has 4 aromatic heterocycles. The van der Waals surface area contributed by atoms with Gasteiger partial charge in [-0.1, -0.05) is 12.1 Å². The van der Waals surface area contributed by atoms with Gasteiger partial charge in [0.25, 0.3) is 11.8 Å². The number of aryl methyl sites for hydroxylation is 2. The van der Waals surface area contributed by atoms with E-state index in [4.69, 9.17) is 16.2 Å². The third-order valence-corrected chi connectivity index (χ3v) is 6.91. The van der Waals surface area contributed by atoms with Crippen LogP contribution in [0.4, 0.5) is 0 Å². The first-order valence-electron chi connectivity index (χ1n) is 11.5. The van der Waals surface area contributed by atoms with E-state index in [9.17, 15) is 18.0 Å². The second-order valence-electron chi connectivity index (χ2n) is 8.75. The van der Waals surface area contributed by atoms with Gasteiger partial charge in [0.2, 0.25) is 15.0 Å². The summed E-state index contributed by atoms with van der Waals surface area (Å²) in [6.07, 6.45) is 4.12. The van der Waals surface area contributed by atoms with Crippen LogP contribution < -0.4 is 16.2 Å².